The Balaban J connectivity index is 2.31. The first-order valence-electron chi connectivity index (χ1n) is 6.29. The number of nitrogens with zero attached hydrogens (tertiary/aromatic N) is 2. The number of carbonyl (C=O) groups excluding carboxylic acids is 1. The van der Waals surface area contributed by atoms with Crippen molar-refractivity contribution in [1.82, 2.24) is 9.80 Å². The van der Waals surface area contributed by atoms with Gasteiger partial charge in [-0.1, -0.05) is 38.1 Å². The fourth-order valence-corrected chi connectivity index (χ4v) is 2.21. The Morgan fingerprint density at radius 2 is 1.68 bits per heavy atom. The predicted molar refractivity (Wildman–Crippen MR) is 81.6 cm³/mol. The summed E-state index contributed by atoms with van der Waals surface area (Å²) in [6.07, 6.45) is 1.88. The lowest BCUT2D eigenvalue weighted by molar-refractivity contribution is -0.121. The van der Waals surface area contributed by atoms with Crippen LogP contribution in [0.3, 0.4) is 0 Å². The van der Waals surface area contributed by atoms with Crippen LogP contribution in [0.1, 0.15) is 30.9 Å². The van der Waals surface area contributed by atoms with E-state index in [2.05, 4.69) is 26.0 Å². The molecule has 4 heteroatoms. The molecule has 1 amide bonds. The first kappa shape index (κ1) is 13.7. The van der Waals surface area contributed by atoms with Gasteiger partial charge in [0.2, 0.25) is 0 Å². The highest BCUT2D eigenvalue weighted by molar-refractivity contribution is 7.80. The third-order valence-corrected chi connectivity index (χ3v) is 3.91. The van der Waals surface area contributed by atoms with Gasteiger partial charge in [0.25, 0.3) is 5.91 Å². The van der Waals surface area contributed by atoms with Gasteiger partial charge in [0.1, 0.15) is 5.70 Å². The van der Waals surface area contributed by atoms with Crippen molar-refractivity contribution in [3.63, 3.8) is 0 Å². The molecule has 2 rings (SSSR count). The first-order chi connectivity index (χ1) is 8.91. The van der Waals surface area contributed by atoms with Crippen molar-refractivity contribution in [2.75, 3.05) is 14.1 Å². The van der Waals surface area contributed by atoms with Gasteiger partial charge >= 0.3 is 0 Å². The standard InChI is InChI=1S/C15H18N2OS/c1-10(2)12-7-5-11(6-8-12)9-13-14(18)17(4)15(19)16(13)3/h5-10H,1-4H3/b13-9-. The molecule has 1 aliphatic heterocycles. The number of likely N-dealkylation sites (N-methyl/N-ethyl adjacent to an activating group) is 2. The highest BCUT2D eigenvalue weighted by atomic mass is 32.1. The summed E-state index contributed by atoms with van der Waals surface area (Å²) < 4.78 is 0. The van der Waals surface area contributed by atoms with Crippen LogP contribution in [-0.4, -0.2) is 34.9 Å². The van der Waals surface area contributed by atoms with Crippen LogP contribution in [0, 0.1) is 0 Å². The van der Waals surface area contributed by atoms with Gasteiger partial charge in [0.15, 0.2) is 5.11 Å². The van der Waals surface area contributed by atoms with Crippen LogP contribution in [0.2, 0.25) is 0 Å². The summed E-state index contributed by atoms with van der Waals surface area (Å²) in [4.78, 5) is 15.3. The molecule has 1 fully saturated rings. The normalized spacial score (nSPS) is 18.1. The van der Waals surface area contributed by atoms with Gasteiger partial charge in [0.05, 0.1) is 0 Å². The van der Waals surface area contributed by atoms with E-state index < -0.39 is 0 Å². The second-order valence-electron chi connectivity index (χ2n) is 5.06. The van der Waals surface area contributed by atoms with Gasteiger partial charge in [-0.3, -0.25) is 9.69 Å². The summed E-state index contributed by atoms with van der Waals surface area (Å²) in [5.74, 6) is 0.455. The lowest BCUT2D eigenvalue weighted by atomic mass is 10.0. The van der Waals surface area contributed by atoms with E-state index in [0.29, 0.717) is 16.7 Å². The molecule has 0 aliphatic carbocycles. The van der Waals surface area contributed by atoms with E-state index in [1.54, 1.807) is 11.9 Å². The molecule has 0 spiro atoms. The molecule has 1 aromatic carbocycles. The Kier molecular flexibility index (Phi) is 3.71. The molecule has 0 saturated carbocycles. The summed E-state index contributed by atoms with van der Waals surface area (Å²) in [6.45, 7) is 4.32. The fourth-order valence-electron chi connectivity index (χ4n) is 2.02. The maximum atomic E-state index is 12.0. The molecule has 0 N–H and O–H groups in total. The predicted octanol–water partition coefficient (Wildman–Crippen LogP) is 2.84. The maximum Gasteiger partial charge on any atom is 0.276 e. The summed E-state index contributed by atoms with van der Waals surface area (Å²) in [6, 6.07) is 8.26. The third kappa shape index (κ3) is 2.54. The van der Waals surface area contributed by atoms with Crippen molar-refractivity contribution in [3.8, 4) is 0 Å². The van der Waals surface area contributed by atoms with E-state index in [9.17, 15) is 4.79 Å². The molecule has 1 aromatic rings. The molecular weight excluding hydrogens is 256 g/mol. The molecule has 1 saturated heterocycles. The second-order valence-corrected chi connectivity index (χ2v) is 5.42. The van der Waals surface area contributed by atoms with Gasteiger partial charge < -0.3 is 4.90 Å². The minimum atomic E-state index is -0.0552. The molecule has 3 nitrogen and oxygen atoms in total. The first-order valence-corrected chi connectivity index (χ1v) is 6.70. The van der Waals surface area contributed by atoms with Crippen molar-refractivity contribution in [1.29, 1.82) is 0 Å². The highest BCUT2D eigenvalue weighted by Crippen LogP contribution is 2.22. The molecule has 19 heavy (non-hydrogen) atoms. The monoisotopic (exact) mass is 274 g/mol. The summed E-state index contributed by atoms with van der Waals surface area (Å²) in [5.41, 5.74) is 2.92. The second kappa shape index (κ2) is 5.13. The van der Waals surface area contributed by atoms with E-state index in [4.69, 9.17) is 12.2 Å². The lowest BCUT2D eigenvalue weighted by Gasteiger charge is -2.11. The van der Waals surface area contributed by atoms with E-state index >= 15 is 0 Å². The average Bonchev–Trinajstić information content (AvgIpc) is 2.57. The number of hydrogen-bond acceptors (Lipinski definition) is 2. The van der Waals surface area contributed by atoms with Gasteiger partial charge in [0, 0.05) is 14.1 Å². The van der Waals surface area contributed by atoms with Crippen LogP contribution in [0.5, 0.6) is 0 Å². The van der Waals surface area contributed by atoms with Crippen LogP contribution in [0.25, 0.3) is 6.08 Å². The number of carbonyl (C=O) groups is 1. The molecule has 0 radical (unpaired) electrons. The van der Waals surface area contributed by atoms with E-state index in [-0.39, 0.29) is 5.91 Å². The van der Waals surface area contributed by atoms with Crippen LogP contribution in [0.15, 0.2) is 30.0 Å². The molecular formula is C15H18N2OS. The highest BCUT2D eigenvalue weighted by Gasteiger charge is 2.32. The zero-order valence-electron chi connectivity index (χ0n) is 11.7. The van der Waals surface area contributed by atoms with Gasteiger partial charge in [-0.25, -0.2) is 0 Å². The summed E-state index contributed by atoms with van der Waals surface area (Å²) >= 11 is 5.18. The van der Waals surface area contributed by atoms with Crippen molar-refractivity contribution < 1.29 is 4.79 Å². The van der Waals surface area contributed by atoms with Crippen molar-refractivity contribution in [3.05, 3.63) is 41.1 Å². The minimum absolute atomic E-state index is 0.0552. The SMILES string of the molecule is CC(C)c1ccc(/C=C2/C(=O)N(C)C(=S)N2C)cc1. The molecule has 1 aliphatic rings. The minimum Gasteiger partial charge on any atom is -0.317 e. The maximum absolute atomic E-state index is 12.0. The van der Waals surface area contributed by atoms with Crippen LogP contribution in [0.4, 0.5) is 0 Å². The van der Waals surface area contributed by atoms with Crippen LogP contribution in [-0.2, 0) is 4.79 Å². The Morgan fingerprint density at radius 3 is 2.11 bits per heavy atom. The fraction of sp³-hybridized carbons (Fsp3) is 0.333. The number of thiocarbonyl (C=S) groups is 1. The number of hydrogen-bond donors (Lipinski definition) is 0. The summed E-state index contributed by atoms with van der Waals surface area (Å²) in [7, 11) is 3.52. The molecule has 100 valence electrons. The lowest BCUT2D eigenvalue weighted by Crippen LogP contribution is -2.26. The Hall–Kier alpha value is -1.68. The van der Waals surface area contributed by atoms with Crippen molar-refractivity contribution in [2.24, 2.45) is 0 Å². The van der Waals surface area contributed by atoms with E-state index in [0.717, 1.165) is 5.56 Å². The molecule has 0 aromatic heterocycles. The van der Waals surface area contributed by atoms with E-state index in [1.807, 2.05) is 25.3 Å². The number of rotatable bonds is 2. The Morgan fingerprint density at radius 1 is 1.11 bits per heavy atom. The number of amides is 1. The van der Waals surface area contributed by atoms with Crippen LogP contribution < -0.4 is 0 Å². The molecule has 0 unspecified atom stereocenters. The quantitative estimate of drug-likeness (QED) is 0.612. The Bertz CT molecular complexity index is 546. The number of benzene rings is 1. The average molecular weight is 274 g/mol. The van der Waals surface area contributed by atoms with Crippen molar-refractivity contribution >= 4 is 29.3 Å². The molecule has 0 atom stereocenters. The Labute approximate surface area is 119 Å². The van der Waals surface area contributed by atoms with Gasteiger partial charge in [-0.15, -0.1) is 0 Å². The van der Waals surface area contributed by atoms with Crippen LogP contribution >= 0.6 is 12.2 Å². The van der Waals surface area contributed by atoms with Crippen molar-refractivity contribution in [2.45, 2.75) is 19.8 Å². The topological polar surface area (TPSA) is 23.6 Å². The largest absolute Gasteiger partial charge is 0.317 e. The van der Waals surface area contributed by atoms with E-state index in [1.165, 1.54) is 10.5 Å². The third-order valence-electron chi connectivity index (χ3n) is 3.37. The smallest absolute Gasteiger partial charge is 0.276 e. The van der Waals surface area contributed by atoms with Gasteiger partial charge in [-0.2, -0.15) is 0 Å². The summed E-state index contributed by atoms with van der Waals surface area (Å²) in [5, 5.41) is 0.537. The molecule has 1 heterocycles. The zero-order valence-corrected chi connectivity index (χ0v) is 12.5. The zero-order chi connectivity index (χ0) is 14.2. The molecule has 0 bridgehead atoms. The van der Waals surface area contributed by atoms with Gasteiger partial charge in [-0.05, 0) is 35.3 Å².